The Hall–Kier alpha value is -1.37. The van der Waals surface area contributed by atoms with Crippen LogP contribution in [0.2, 0.25) is 0 Å². The van der Waals surface area contributed by atoms with E-state index in [1.807, 2.05) is 0 Å². The normalized spacial score (nSPS) is 19.2. The maximum absolute atomic E-state index is 14.2. The number of nitrogens with zero attached hydrogens (tertiary/aromatic N) is 1. The molecule has 0 radical (unpaired) electrons. The number of aromatic nitrogens is 1. The molecule has 1 saturated heterocycles. The first-order valence-corrected chi connectivity index (χ1v) is 5.82. The van der Waals surface area contributed by atoms with Gasteiger partial charge in [-0.1, -0.05) is 0 Å². The molecule has 3 nitrogen and oxygen atoms in total. The number of halogens is 4. The van der Waals surface area contributed by atoms with E-state index in [0.29, 0.717) is 0 Å². The molecule has 0 aromatic carbocycles. The fourth-order valence-corrected chi connectivity index (χ4v) is 1.80. The molecule has 0 bridgehead atoms. The van der Waals surface area contributed by atoms with Crippen LogP contribution in [-0.2, 0) is 10.9 Å². The maximum atomic E-state index is 14.2. The molecule has 0 saturated carbocycles. The summed E-state index contributed by atoms with van der Waals surface area (Å²) in [7, 11) is 0. The van der Waals surface area contributed by atoms with Gasteiger partial charge in [-0.2, -0.15) is 13.2 Å². The third-order valence-corrected chi connectivity index (χ3v) is 2.93. The Balaban J connectivity index is 2.07. The van der Waals surface area contributed by atoms with Crippen molar-refractivity contribution in [3.05, 3.63) is 23.9 Å². The van der Waals surface area contributed by atoms with Crippen molar-refractivity contribution in [3.8, 4) is 5.88 Å². The molecule has 0 aliphatic carbocycles. The molecule has 0 unspecified atom stereocenters. The molecule has 1 aliphatic rings. The Morgan fingerprint density at radius 2 is 2.00 bits per heavy atom. The Morgan fingerprint density at radius 1 is 1.32 bits per heavy atom. The molecule has 2 heterocycles. The highest BCUT2D eigenvalue weighted by Crippen LogP contribution is 2.35. The molecule has 1 aliphatic heterocycles. The number of rotatable bonds is 3. The minimum Gasteiger partial charge on any atom is -0.474 e. The topological polar surface area (TPSA) is 31.4 Å². The second-order valence-corrected chi connectivity index (χ2v) is 4.41. The van der Waals surface area contributed by atoms with E-state index in [4.69, 9.17) is 9.47 Å². The predicted molar refractivity (Wildman–Crippen MR) is 58.6 cm³/mol. The van der Waals surface area contributed by atoms with E-state index in [2.05, 4.69) is 4.98 Å². The van der Waals surface area contributed by atoms with E-state index in [-0.39, 0.29) is 26.1 Å². The summed E-state index contributed by atoms with van der Waals surface area (Å²) >= 11 is 0. The van der Waals surface area contributed by atoms with Crippen molar-refractivity contribution in [2.75, 3.05) is 19.8 Å². The standard InChI is InChI=1S/C12H13F4NO2/c13-11(3-6-18-7-4-11)8-19-10-9(12(14,15)16)2-1-5-17-10/h1-2,5H,3-4,6-8H2. The molecule has 2 rings (SSSR count). The van der Waals surface area contributed by atoms with Crippen LogP contribution < -0.4 is 4.74 Å². The second-order valence-electron chi connectivity index (χ2n) is 4.41. The number of hydrogen-bond acceptors (Lipinski definition) is 3. The number of ether oxygens (including phenoxy) is 2. The largest absolute Gasteiger partial charge is 0.474 e. The van der Waals surface area contributed by atoms with Crippen LogP contribution in [0.3, 0.4) is 0 Å². The molecule has 1 aromatic heterocycles. The highest BCUT2D eigenvalue weighted by atomic mass is 19.4. The maximum Gasteiger partial charge on any atom is 0.421 e. The third kappa shape index (κ3) is 3.56. The monoisotopic (exact) mass is 279 g/mol. The third-order valence-electron chi connectivity index (χ3n) is 2.93. The summed E-state index contributed by atoms with van der Waals surface area (Å²) in [4.78, 5) is 3.52. The van der Waals surface area contributed by atoms with E-state index < -0.39 is 29.9 Å². The van der Waals surface area contributed by atoms with Crippen LogP contribution in [0.5, 0.6) is 5.88 Å². The molecule has 19 heavy (non-hydrogen) atoms. The summed E-state index contributed by atoms with van der Waals surface area (Å²) in [5.41, 5.74) is -2.65. The van der Waals surface area contributed by atoms with Crippen molar-refractivity contribution in [1.82, 2.24) is 4.98 Å². The Kier molecular flexibility index (Phi) is 3.93. The van der Waals surface area contributed by atoms with Crippen LogP contribution in [-0.4, -0.2) is 30.5 Å². The lowest BCUT2D eigenvalue weighted by molar-refractivity contribution is -0.140. The van der Waals surface area contributed by atoms with Gasteiger partial charge in [-0.3, -0.25) is 0 Å². The summed E-state index contributed by atoms with van der Waals surface area (Å²) in [6.07, 6.45) is -3.16. The average Bonchev–Trinajstić information content (AvgIpc) is 2.37. The van der Waals surface area contributed by atoms with Gasteiger partial charge < -0.3 is 9.47 Å². The van der Waals surface area contributed by atoms with Gasteiger partial charge in [0.05, 0.1) is 0 Å². The van der Waals surface area contributed by atoms with Gasteiger partial charge in [0.25, 0.3) is 0 Å². The smallest absolute Gasteiger partial charge is 0.421 e. The van der Waals surface area contributed by atoms with Gasteiger partial charge >= 0.3 is 6.18 Å². The summed E-state index contributed by atoms with van der Waals surface area (Å²) < 4.78 is 62.1. The molecule has 7 heteroatoms. The highest BCUT2D eigenvalue weighted by molar-refractivity contribution is 5.28. The van der Waals surface area contributed by atoms with Gasteiger partial charge in [-0.15, -0.1) is 0 Å². The molecule has 1 fully saturated rings. The molecule has 1 aromatic rings. The van der Waals surface area contributed by atoms with Gasteiger partial charge in [0.15, 0.2) is 0 Å². The SMILES string of the molecule is FC1(COc2ncccc2C(F)(F)F)CCOCC1. The van der Waals surface area contributed by atoms with Gasteiger partial charge in [0, 0.05) is 32.3 Å². The first-order chi connectivity index (χ1) is 8.91. The Bertz CT molecular complexity index is 430. The van der Waals surface area contributed by atoms with Gasteiger partial charge in [-0.25, -0.2) is 9.37 Å². The van der Waals surface area contributed by atoms with E-state index in [1.54, 1.807) is 0 Å². The zero-order chi connectivity index (χ0) is 13.9. The Labute approximate surface area is 107 Å². The lowest BCUT2D eigenvalue weighted by Gasteiger charge is -2.29. The summed E-state index contributed by atoms with van der Waals surface area (Å²) in [5.74, 6) is -0.585. The molecule has 0 N–H and O–H groups in total. The quantitative estimate of drug-likeness (QED) is 0.797. The van der Waals surface area contributed by atoms with Gasteiger partial charge in [0.2, 0.25) is 5.88 Å². The molecule has 106 valence electrons. The van der Waals surface area contributed by atoms with Gasteiger partial charge in [-0.05, 0) is 12.1 Å². The molecular formula is C12H13F4NO2. The van der Waals surface area contributed by atoms with Crippen LogP contribution in [0.15, 0.2) is 18.3 Å². The van der Waals surface area contributed by atoms with Crippen LogP contribution in [0.25, 0.3) is 0 Å². The van der Waals surface area contributed by atoms with Crippen molar-refractivity contribution in [2.45, 2.75) is 24.7 Å². The lowest BCUT2D eigenvalue weighted by Crippen LogP contribution is -2.37. The van der Waals surface area contributed by atoms with Crippen molar-refractivity contribution in [2.24, 2.45) is 0 Å². The van der Waals surface area contributed by atoms with Crippen LogP contribution in [0.1, 0.15) is 18.4 Å². The fraction of sp³-hybridized carbons (Fsp3) is 0.583. The molecule has 0 spiro atoms. The number of pyridine rings is 1. The minimum atomic E-state index is -4.57. The van der Waals surface area contributed by atoms with Crippen LogP contribution in [0.4, 0.5) is 17.6 Å². The van der Waals surface area contributed by atoms with Crippen LogP contribution in [0, 0.1) is 0 Å². The minimum absolute atomic E-state index is 0.112. The highest BCUT2D eigenvalue weighted by Gasteiger charge is 2.37. The van der Waals surface area contributed by atoms with E-state index in [9.17, 15) is 17.6 Å². The van der Waals surface area contributed by atoms with Crippen LogP contribution >= 0.6 is 0 Å². The van der Waals surface area contributed by atoms with Crippen molar-refractivity contribution < 1.29 is 27.0 Å². The van der Waals surface area contributed by atoms with E-state index in [0.717, 1.165) is 12.1 Å². The molecular weight excluding hydrogens is 266 g/mol. The molecule has 0 amide bonds. The predicted octanol–water partition coefficient (Wildman–Crippen LogP) is 3.00. The number of hydrogen-bond donors (Lipinski definition) is 0. The lowest BCUT2D eigenvalue weighted by atomic mass is 9.98. The average molecular weight is 279 g/mol. The molecule has 0 atom stereocenters. The second kappa shape index (κ2) is 5.32. The van der Waals surface area contributed by atoms with Gasteiger partial charge in [0.1, 0.15) is 17.8 Å². The Morgan fingerprint density at radius 3 is 2.63 bits per heavy atom. The van der Waals surface area contributed by atoms with Crippen molar-refractivity contribution in [3.63, 3.8) is 0 Å². The number of alkyl halides is 4. The zero-order valence-electron chi connectivity index (χ0n) is 10.0. The van der Waals surface area contributed by atoms with E-state index >= 15 is 0 Å². The van der Waals surface area contributed by atoms with E-state index in [1.165, 1.54) is 6.20 Å². The zero-order valence-corrected chi connectivity index (χ0v) is 10.0. The summed E-state index contributed by atoms with van der Waals surface area (Å²) in [5, 5.41) is 0. The summed E-state index contributed by atoms with van der Waals surface area (Å²) in [6.45, 7) is 0.0405. The van der Waals surface area contributed by atoms with Crippen molar-refractivity contribution in [1.29, 1.82) is 0 Å². The summed E-state index contributed by atoms with van der Waals surface area (Å²) in [6, 6.07) is 2.02. The first-order valence-electron chi connectivity index (χ1n) is 5.82. The van der Waals surface area contributed by atoms with Crippen molar-refractivity contribution >= 4 is 0 Å². The fourth-order valence-electron chi connectivity index (χ4n) is 1.80. The first kappa shape index (κ1) is 14.0.